The Kier molecular flexibility index (Phi) is 12.1. The molecular weight excluding hydrogens is 535 g/mol. The number of rotatable bonds is 10. The molecule has 0 bridgehead atoms. The highest BCUT2D eigenvalue weighted by atomic mass is 127. The third-order valence-electron chi connectivity index (χ3n) is 5.14. The fourth-order valence-corrected chi connectivity index (χ4v) is 3.42. The van der Waals surface area contributed by atoms with Crippen molar-refractivity contribution in [2.75, 3.05) is 65.5 Å². The summed E-state index contributed by atoms with van der Waals surface area (Å²) in [5, 5.41) is 6.65. The first-order valence-electron chi connectivity index (χ1n) is 11.0. The van der Waals surface area contributed by atoms with Crippen molar-refractivity contribution in [3.63, 3.8) is 0 Å². The van der Waals surface area contributed by atoms with Gasteiger partial charge in [-0.15, -0.1) is 24.0 Å². The second-order valence-corrected chi connectivity index (χ2v) is 7.26. The van der Waals surface area contributed by atoms with Gasteiger partial charge in [-0.2, -0.15) is 0 Å². The van der Waals surface area contributed by atoms with Crippen LogP contribution in [0.5, 0.6) is 17.2 Å². The molecule has 0 amide bonds. The molecule has 1 aliphatic heterocycles. The topological polar surface area (TPSA) is 76.6 Å². The quantitative estimate of drug-likeness (QED) is 0.257. The lowest BCUT2D eigenvalue weighted by Crippen LogP contribution is -2.38. The lowest BCUT2D eigenvalue weighted by atomic mass is 10.2. The largest absolute Gasteiger partial charge is 0.493 e. The normalized spacial score (nSPS) is 14.2. The van der Waals surface area contributed by atoms with Gasteiger partial charge in [0.05, 0.1) is 26.9 Å². The van der Waals surface area contributed by atoms with E-state index in [1.54, 1.807) is 14.2 Å². The SMILES string of the molecule is CCOc1cc(NC(=NC)NCc2ccccc2OCCN2CCOCC2)ccc1OC.I. The number of guanidine groups is 1. The summed E-state index contributed by atoms with van der Waals surface area (Å²) in [4.78, 5) is 6.70. The first-order chi connectivity index (χ1) is 15.7. The maximum absolute atomic E-state index is 6.08. The van der Waals surface area contributed by atoms with E-state index in [0.717, 1.165) is 49.8 Å². The molecule has 1 heterocycles. The molecular formula is C24H35IN4O4. The molecule has 0 radical (unpaired) electrons. The fraction of sp³-hybridized carbons (Fsp3) is 0.458. The van der Waals surface area contributed by atoms with Crippen LogP contribution >= 0.6 is 24.0 Å². The molecule has 2 aromatic carbocycles. The van der Waals surface area contributed by atoms with E-state index in [-0.39, 0.29) is 24.0 Å². The highest BCUT2D eigenvalue weighted by Gasteiger charge is 2.11. The first kappa shape index (κ1) is 27.0. The Labute approximate surface area is 213 Å². The zero-order valence-electron chi connectivity index (χ0n) is 19.6. The molecule has 2 N–H and O–H groups in total. The van der Waals surface area contributed by atoms with E-state index in [9.17, 15) is 0 Å². The molecule has 0 aromatic heterocycles. The first-order valence-corrected chi connectivity index (χ1v) is 11.0. The predicted octanol–water partition coefficient (Wildman–Crippen LogP) is 3.61. The standard InChI is InChI=1S/C24H34N4O4.HI/c1-4-31-23-17-20(9-10-22(23)29-3)27-24(25-2)26-18-19-7-5-6-8-21(19)32-16-13-28-11-14-30-15-12-28;/h5-10,17H,4,11-16,18H2,1-3H3,(H2,25,26,27);1H. The van der Waals surface area contributed by atoms with Crippen molar-refractivity contribution in [1.29, 1.82) is 0 Å². The van der Waals surface area contributed by atoms with Crippen molar-refractivity contribution in [3.05, 3.63) is 48.0 Å². The van der Waals surface area contributed by atoms with Crippen molar-refractivity contribution >= 4 is 35.6 Å². The van der Waals surface area contributed by atoms with Crippen molar-refractivity contribution in [2.45, 2.75) is 13.5 Å². The Morgan fingerprint density at radius 2 is 1.85 bits per heavy atom. The number of aliphatic imine (C=N–C) groups is 1. The zero-order valence-corrected chi connectivity index (χ0v) is 22.0. The third kappa shape index (κ3) is 8.56. The summed E-state index contributed by atoms with van der Waals surface area (Å²) >= 11 is 0. The number of nitrogens with one attached hydrogen (secondary N) is 2. The molecule has 8 nitrogen and oxygen atoms in total. The van der Waals surface area contributed by atoms with Crippen LogP contribution in [-0.2, 0) is 11.3 Å². The van der Waals surface area contributed by atoms with Crippen LogP contribution < -0.4 is 24.8 Å². The minimum atomic E-state index is 0. The molecule has 0 atom stereocenters. The van der Waals surface area contributed by atoms with Crippen molar-refractivity contribution in [3.8, 4) is 17.2 Å². The molecule has 0 aliphatic carbocycles. The number of benzene rings is 2. The van der Waals surface area contributed by atoms with Gasteiger partial charge >= 0.3 is 0 Å². The summed E-state index contributed by atoms with van der Waals surface area (Å²) in [6.45, 7) is 8.16. The van der Waals surface area contributed by atoms with E-state index < -0.39 is 0 Å². The lowest BCUT2D eigenvalue weighted by Gasteiger charge is -2.26. The molecule has 182 valence electrons. The fourth-order valence-electron chi connectivity index (χ4n) is 3.42. The maximum atomic E-state index is 6.08. The Morgan fingerprint density at radius 3 is 2.58 bits per heavy atom. The smallest absolute Gasteiger partial charge is 0.195 e. The van der Waals surface area contributed by atoms with Crippen LogP contribution in [0.2, 0.25) is 0 Å². The van der Waals surface area contributed by atoms with E-state index in [2.05, 4.69) is 26.6 Å². The number of nitrogens with zero attached hydrogens (tertiary/aromatic N) is 2. The van der Waals surface area contributed by atoms with Gasteiger partial charge in [0.25, 0.3) is 0 Å². The molecule has 1 saturated heterocycles. The van der Waals surface area contributed by atoms with Gasteiger partial charge in [-0.1, -0.05) is 18.2 Å². The number of halogens is 1. The van der Waals surface area contributed by atoms with Crippen LogP contribution in [0.1, 0.15) is 12.5 Å². The van der Waals surface area contributed by atoms with E-state index in [1.165, 1.54) is 0 Å². The van der Waals surface area contributed by atoms with E-state index in [4.69, 9.17) is 18.9 Å². The average Bonchev–Trinajstić information content (AvgIpc) is 2.83. The van der Waals surface area contributed by atoms with Gasteiger partial charge in [-0.25, -0.2) is 0 Å². The molecule has 3 rings (SSSR count). The maximum Gasteiger partial charge on any atom is 0.195 e. The summed E-state index contributed by atoms with van der Waals surface area (Å²) in [5.41, 5.74) is 1.93. The summed E-state index contributed by atoms with van der Waals surface area (Å²) in [7, 11) is 3.37. The van der Waals surface area contributed by atoms with Crippen molar-refractivity contribution in [2.24, 2.45) is 4.99 Å². The zero-order chi connectivity index (χ0) is 22.6. The molecule has 1 fully saturated rings. The number of hydrogen-bond donors (Lipinski definition) is 2. The van der Waals surface area contributed by atoms with Crippen LogP contribution in [0.4, 0.5) is 5.69 Å². The molecule has 0 saturated carbocycles. The van der Waals surface area contributed by atoms with E-state index in [1.807, 2.05) is 43.3 Å². The van der Waals surface area contributed by atoms with Gasteiger partial charge in [0.2, 0.25) is 0 Å². The molecule has 1 aliphatic rings. The Hall–Kier alpha value is -2.24. The highest BCUT2D eigenvalue weighted by Crippen LogP contribution is 2.30. The van der Waals surface area contributed by atoms with E-state index >= 15 is 0 Å². The third-order valence-corrected chi connectivity index (χ3v) is 5.14. The Bertz CT molecular complexity index is 875. The van der Waals surface area contributed by atoms with E-state index in [0.29, 0.717) is 37.2 Å². The number of morpholine rings is 1. The molecule has 9 heteroatoms. The summed E-state index contributed by atoms with van der Waals surface area (Å²) in [5.74, 6) is 2.92. The minimum absolute atomic E-state index is 0. The van der Waals surface area contributed by atoms with Gasteiger partial charge in [0, 0.05) is 50.5 Å². The highest BCUT2D eigenvalue weighted by molar-refractivity contribution is 14.0. The van der Waals surface area contributed by atoms with Crippen LogP contribution in [0, 0.1) is 0 Å². The number of ether oxygens (including phenoxy) is 4. The second-order valence-electron chi connectivity index (χ2n) is 7.26. The second kappa shape index (κ2) is 14.8. The monoisotopic (exact) mass is 570 g/mol. The number of anilines is 1. The predicted molar refractivity (Wildman–Crippen MR) is 143 cm³/mol. The molecule has 2 aromatic rings. The summed E-state index contributed by atoms with van der Waals surface area (Å²) in [6, 6.07) is 13.8. The lowest BCUT2D eigenvalue weighted by molar-refractivity contribution is 0.0322. The van der Waals surface area contributed by atoms with Gasteiger partial charge in [-0.3, -0.25) is 9.89 Å². The number of para-hydroxylation sites is 1. The van der Waals surface area contributed by atoms with Gasteiger partial charge < -0.3 is 29.6 Å². The van der Waals surface area contributed by atoms with Crippen LogP contribution in [0.25, 0.3) is 0 Å². The summed E-state index contributed by atoms with van der Waals surface area (Å²) in [6.07, 6.45) is 0. The van der Waals surface area contributed by atoms with Gasteiger partial charge in [0.1, 0.15) is 12.4 Å². The average molecular weight is 570 g/mol. The van der Waals surface area contributed by atoms with Gasteiger partial charge in [-0.05, 0) is 25.1 Å². The molecule has 0 unspecified atom stereocenters. The van der Waals surface area contributed by atoms with Crippen LogP contribution in [0.15, 0.2) is 47.5 Å². The van der Waals surface area contributed by atoms with Crippen LogP contribution in [0.3, 0.4) is 0 Å². The van der Waals surface area contributed by atoms with Crippen molar-refractivity contribution < 1.29 is 18.9 Å². The Balaban J connectivity index is 0.00000385. The van der Waals surface area contributed by atoms with Crippen LogP contribution in [-0.4, -0.2) is 71.1 Å². The van der Waals surface area contributed by atoms with Gasteiger partial charge in [0.15, 0.2) is 17.5 Å². The minimum Gasteiger partial charge on any atom is -0.493 e. The van der Waals surface area contributed by atoms with Crippen molar-refractivity contribution in [1.82, 2.24) is 10.2 Å². The summed E-state index contributed by atoms with van der Waals surface area (Å²) < 4.78 is 22.5. The molecule has 33 heavy (non-hydrogen) atoms. The Morgan fingerprint density at radius 1 is 1.06 bits per heavy atom. The number of methoxy groups -OCH3 is 1. The number of hydrogen-bond acceptors (Lipinski definition) is 6. The molecule has 0 spiro atoms.